The van der Waals surface area contributed by atoms with Crippen LogP contribution in [0, 0.1) is 11.8 Å². The molecule has 0 aromatic rings. The summed E-state index contributed by atoms with van der Waals surface area (Å²) in [5.41, 5.74) is 0. The minimum absolute atomic E-state index is 0.108. The van der Waals surface area contributed by atoms with Crippen LogP contribution in [0.2, 0.25) is 0 Å². The van der Waals surface area contributed by atoms with Crippen LogP contribution < -0.4 is 0 Å². The summed E-state index contributed by atoms with van der Waals surface area (Å²) in [7, 11) is -9.93. The van der Waals surface area contributed by atoms with Gasteiger partial charge in [0.1, 0.15) is 19.3 Å². The summed E-state index contributed by atoms with van der Waals surface area (Å²) < 4.78 is 68.9. The van der Waals surface area contributed by atoms with Crippen LogP contribution in [0.4, 0.5) is 0 Å². The largest absolute Gasteiger partial charge is 0.472 e. The fourth-order valence-corrected chi connectivity index (χ4v) is 15.5. The first-order valence-corrected chi connectivity index (χ1v) is 49.0. The Labute approximate surface area is 664 Å². The van der Waals surface area contributed by atoms with Gasteiger partial charge in [-0.05, 0) is 37.5 Å². The Morgan fingerprint density at radius 3 is 0.704 bits per heavy atom. The van der Waals surface area contributed by atoms with E-state index < -0.39 is 97.5 Å². The van der Waals surface area contributed by atoms with E-state index in [1.54, 1.807) is 0 Å². The highest BCUT2D eigenvalue weighted by Gasteiger charge is 2.31. The van der Waals surface area contributed by atoms with Crippen molar-refractivity contribution >= 4 is 39.5 Å². The zero-order chi connectivity index (χ0) is 79.2. The second-order valence-corrected chi connectivity index (χ2v) is 35.6. The third kappa shape index (κ3) is 80.7. The maximum atomic E-state index is 13.2. The monoisotopic (exact) mass is 1580 g/mol. The summed E-state index contributed by atoms with van der Waals surface area (Å²) in [6, 6.07) is 0. The fraction of sp³-hybridized carbons (Fsp3) is 0.955. The highest BCUT2D eigenvalue weighted by atomic mass is 31.2. The van der Waals surface area contributed by atoms with Gasteiger partial charge in [0.25, 0.3) is 0 Å². The number of phosphoric acid groups is 2. The van der Waals surface area contributed by atoms with Gasteiger partial charge in [-0.15, -0.1) is 0 Å². The maximum absolute atomic E-state index is 13.2. The minimum Gasteiger partial charge on any atom is -0.462 e. The molecule has 0 amide bonds. The summed E-state index contributed by atoms with van der Waals surface area (Å²) in [6.45, 7) is 9.76. The molecule has 17 nitrogen and oxygen atoms in total. The lowest BCUT2D eigenvalue weighted by Crippen LogP contribution is -2.30. The van der Waals surface area contributed by atoms with Crippen LogP contribution in [-0.4, -0.2) is 96.7 Å². The number of hydrogen-bond donors (Lipinski definition) is 3. The van der Waals surface area contributed by atoms with Crippen LogP contribution in [0.25, 0.3) is 0 Å². The topological polar surface area (TPSA) is 237 Å². The predicted molar refractivity (Wildman–Crippen MR) is 446 cm³/mol. The molecular formula is C89H174O17P2. The lowest BCUT2D eigenvalue weighted by Gasteiger charge is -2.21. The Hall–Kier alpha value is -1.94. The molecule has 0 aromatic carbocycles. The Morgan fingerprint density at radius 2 is 0.472 bits per heavy atom. The molecule has 0 spiro atoms. The SMILES string of the molecule is CCCCCCCCCCCCCCCCCCCCCCC(=O)OC[C@H](COP(=O)(O)OC[C@@H](O)COP(=O)(O)OC[C@@H](COC(=O)CCCCCCCCCCC)OC(=O)CCCCCCCCCCCCCCCCC(C)CC)OC(=O)CCCCCCCCCCCCCCCCCCCCC(C)C. The number of unbranched alkanes of at least 4 members (excludes halogenated alkanes) is 57. The number of ether oxygens (including phenoxy) is 4. The van der Waals surface area contributed by atoms with E-state index in [9.17, 15) is 43.2 Å². The van der Waals surface area contributed by atoms with E-state index in [-0.39, 0.29) is 25.7 Å². The lowest BCUT2D eigenvalue weighted by atomic mass is 9.99. The molecule has 642 valence electrons. The van der Waals surface area contributed by atoms with E-state index in [1.165, 1.54) is 295 Å². The van der Waals surface area contributed by atoms with Crippen molar-refractivity contribution in [3.05, 3.63) is 0 Å². The first-order chi connectivity index (χ1) is 52.4. The van der Waals surface area contributed by atoms with Crippen molar-refractivity contribution in [2.24, 2.45) is 11.8 Å². The van der Waals surface area contributed by atoms with Gasteiger partial charge in [0.15, 0.2) is 12.2 Å². The summed E-state index contributed by atoms with van der Waals surface area (Å²) in [5.74, 6) is -0.433. The molecule has 6 atom stereocenters. The van der Waals surface area contributed by atoms with Gasteiger partial charge in [0.2, 0.25) is 0 Å². The van der Waals surface area contributed by atoms with Gasteiger partial charge >= 0.3 is 39.5 Å². The van der Waals surface area contributed by atoms with Crippen LogP contribution in [0.1, 0.15) is 478 Å². The van der Waals surface area contributed by atoms with E-state index in [4.69, 9.17) is 37.0 Å². The molecule has 0 saturated carbocycles. The minimum atomic E-state index is -4.97. The number of hydrogen-bond acceptors (Lipinski definition) is 15. The van der Waals surface area contributed by atoms with Crippen molar-refractivity contribution in [3.8, 4) is 0 Å². The maximum Gasteiger partial charge on any atom is 0.472 e. The zero-order valence-electron chi connectivity index (χ0n) is 71.2. The number of aliphatic hydroxyl groups is 1. The highest BCUT2D eigenvalue weighted by Crippen LogP contribution is 2.45. The number of aliphatic hydroxyl groups excluding tert-OH is 1. The van der Waals surface area contributed by atoms with Crippen LogP contribution in [-0.2, 0) is 65.4 Å². The average molecular weight is 1580 g/mol. The molecular weight excluding hydrogens is 1400 g/mol. The van der Waals surface area contributed by atoms with E-state index in [0.717, 1.165) is 102 Å². The molecule has 3 unspecified atom stereocenters. The molecule has 0 bridgehead atoms. The van der Waals surface area contributed by atoms with Crippen molar-refractivity contribution < 1.29 is 80.2 Å². The third-order valence-corrected chi connectivity index (χ3v) is 23.2. The number of rotatable bonds is 88. The molecule has 0 rings (SSSR count). The van der Waals surface area contributed by atoms with Crippen LogP contribution in [0.3, 0.4) is 0 Å². The van der Waals surface area contributed by atoms with Crippen molar-refractivity contribution in [1.82, 2.24) is 0 Å². The van der Waals surface area contributed by atoms with Gasteiger partial charge in [-0.3, -0.25) is 37.3 Å². The number of carbonyl (C=O) groups is 4. The molecule has 0 aliphatic heterocycles. The van der Waals surface area contributed by atoms with E-state index in [1.807, 2.05) is 0 Å². The van der Waals surface area contributed by atoms with Crippen molar-refractivity contribution in [3.63, 3.8) is 0 Å². The van der Waals surface area contributed by atoms with Gasteiger partial charge in [0, 0.05) is 25.7 Å². The second-order valence-electron chi connectivity index (χ2n) is 32.7. The van der Waals surface area contributed by atoms with Crippen LogP contribution in [0.5, 0.6) is 0 Å². The highest BCUT2D eigenvalue weighted by molar-refractivity contribution is 7.47. The average Bonchev–Trinajstić information content (AvgIpc) is 0.899. The van der Waals surface area contributed by atoms with E-state index >= 15 is 0 Å². The summed E-state index contributed by atoms with van der Waals surface area (Å²) in [6.07, 6.45) is 73.7. The summed E-state index contributed by atoms with van der Waals surface area (Å²) >= 11 is 0. The first-order valence-electron chi connectivity index (χ1n) is 46.0. The number of phosphoric ester groups is 2. The lowest BCUT2D eigenvalue weighted by molar-refractivity contribution is -0.161. The van der Waals surface area contributed by atoms with Crippen molar-refractivity contribution in [1.29, 1.82) is 0 Å². The van der Waals surface area contributed by atoms with Gasteiger partial charge in [0.05, 0.1) is 26.4 Å². The van der Waals surface area contributed by atoms with Gasteiger partial charge in [-0.1, -0.05) is 427 Å². The predicted octanol–water partition coefficient (Wildman–Crippen LogP) is 27.4. The van der Waals surface area contributed by atoms with Gasteiger partial charge < -0.3 is 33.8 Å². The quantitative estimate of drug-likeness (QED) is 0.0222. The summed E-state index contributed by atoms with van der Waals surface area (Å²) in [4.78, 5) is 73.3. The Balaban J connectivity index is 5.20. The summed E-state index contributed by atoms with van der Waals surface area (Å²) in [5, 5.41) is 10.7. The van der Waals surface area contributed by atoms with Gasteiger partial charge in [-0.2, -0.15) is 0 Å². The molecule has 0 aliphatic carbocycles. The van der Waals surface area contributed by atoms with E-state index in [2.05, 4.69) is 41.5 Å². The Bertz CT molecular complexity index is 2070. The Morgan fingerprint density at radius 1 is 0.269 bits per heavy atom. The fourth-order valence-electron chi connectivity index (χ4n) is 13.9. The molecule has 0 saturated heterocycles. The third-order valence-electron chi connectivity index (χ3n) is 21.3. The molecule has 108 heavy (non-hydrogen) atoms. The van der Waals surface area contributed by atoms with Crippen molar-refractivity contribution in [2.75, 3.05) is 39.6 Å². The normalized spacial score (nSPS) is 14.0. The van der Waals surface area contributed by atoms with Crippen LogP contribution in [0.15, 0.2) is 0 Å². The van der Waals surface area contributed by atoms with Gasteiger partial charge in [-0.25, -0.2) is 9.13 Å². The first kappa shape index (κ1) is 106. The molecule has 0 heterocycles. The smallest absolute Gasteiger partial charge is 0.462 e. The molecule has 0 aliphatic rings. The molecule has 3 N–H and O–H groups in total. The molecule has 0 aromatic heterocycles. The molecule has 0 radical (unpaired) electrons. The Kier molecular flexibility index (Phi) is 78.8. The second kappa shape index (κ2) is 80.3. The zero-order valence-corrected chi connectivity index (χ0v) is 73.0. The van der Waals surface area contributed by atoms with Crippen molar-refractivity contribution in [2.45, 2.75) is 496 Å². The number of esters is 4. The standard InChI is InChI=1S/C89H174O17P2/c1-7-10-12-14-16-18-19-20-21-22-23-24-28-31-37-42-48-54-60-66-72-87(92)100-78-85(106-89(94)73-67-61-55-49-43-38-32-29-26-25-27-30-35-40-46-51-57-63-69-81(4)5)80-104-108(97,98)102-76-83(90)75-101-107(95,96)103-79-84(77-99-86(91)71-65-59-53-45-17-15-13-11-8-2)105-88(93)74-68-62-56-50-44-39-34-33-36-41-47-52-58-64-70-82(6)9-3/h81-85,90H,7-80H2,1-6H3,(H,95,96)(H,97,98)/t82?,83-,84+,85+/m0/s1. The number of carbonyl (C=O) groups excluding carboxylic acids is 4. The van der Waals surface area contributed by atoms with Crippen LogP contribution >= 0.6 is 15.6 Å². The van der Waals surface area contributed by atoms with E-state index in [0.29, 0.717) is 25.7 Å². The molecule has 0 fully saturated rings. The molecule has 19 heteroatoms.